The van der Waals surface area contributed by atoms with Crippen LogP contribution in [0.15, 0.2) is 0 Å². The minimum Gasteiger partial charge on any atom is -0.387 e. The first-order valence-electron chi connectivity index (χ1n) is 1.73. The second-order valence-electron chi connectivity index (χ2n) is 1.56. The lowest BCUT2D eigenvalue weighted by atomic mass is 10.8. The summed E-state index contributed by atoms with van der Waals surface area (Å²) in [7, 11) is 0. The van der Waals surface area contributed by atoms with Gasteiger partial charge in [0.1, 0.15) is 18.3 Å². The zero-order valence-electron chi connectivity index (χ0n) is 2.59. The van der Waals surface area contributed by atoms with Gasteiger partial charge in [-0.25, -0.2) is 0 Å². The molecule has 0 amide bonds. The highest BCUT2D eigenvalue weighted by molar-refractivity contribution is 5.14. The maximum absolute atomic E-state index is 8.36. The first-order chi connectivity index (χ1) is 2.39. The van der Waals surface area contributed by atoms with E-state index in [1.807, 2.05) is 0 Å². The predicted molar refractivity (Wildman–Crippen MR) is 14.7 cm³/mol. The molecule has 0 aromatic carbocycles. The van der Waals surface area contributed by atoms with Gasteiger partial charge >= 0.3 is 0 Å². The molecule has 1 heterocycles. The van der Waals surface area contributed by atoms with Crippen LogP contribution in [0.1, 0.15) is 0 Å². The van der Waals surface area contributed by atoms with E-state index in [1.54, 1.807) is 0 Å². The molecule has 1 aliphatic carbocycles. The van der Waals surface area contributed by atoms with Crippen molar-refractivity contribution in [2.45, 2.75) is 18.3 Å². The van der Waals surface area contributed by atoms with Crippen LogP contribution in [0.2, 0.25) is 0 Å². The molecule has 2 rings (SSSR count). The molecule has 2 atom stereocenters. The zero-order valence-corrected chi connectivity index (χ0v) is 2.59. The molecule has 0 aromatic heterocycles. The van der Waals surface area contributed by atoms with E-state index in [-0.39, 0.29) is 18.3 Å². The van der Waals surface area contributed by atoms with E-state index in [0.717, 1.165) is 0 Å². The van der Waals surface area contributed by atoms with Crippen molar-refractivity contribution in [3.8, 4) is 0 Å². The SMILES string of the molecule is OC1C2OC12. The summed E-state index contributed by atoms with van der Waals surface area (Å²) in [5.74, 6) is 0. The smallest absolute Gasteiger partial charge is 0.115 e. The van der Waals surface area contributed by atoms with Gasteiger partial charge in [0, 0.05) is 0 Å². The maximum Gasteiger partial charge on any atom is 0.115 e. The summed E-state index contributed by atoms with van der Waals surface area (Å²) in [6.45, 7) is 0. The van der Waals surface area contributed by atoms with Gasteiger partial charge in [0.05, 0.1) is 0 Å². The molecule has 2 nitrogen and oxygen atoms in total. The zero-order chi connectivity index (χ0) is 3.44. The molecule has 1 aliphatic heterocycles. The normalized spacial score (nSPS) is 70.2. The fourth-order valence-corrected chi connectivity index (χ4v) is 0.450. The molecule has 0 bridgehead atoms. The first kappa shape index (κ1) is 2.16. The topological polar surface area (TPSA) is 32.8 Å². The number of aliphatic hydroxyl groups is 1. The van der Waals surface area contributed by atoms with Crippen LogP contribution < -0.4 is 0 Å². The average Bonchev–Trinajstić information content (AvgIpc) is 2.11. The molecule has 0 aromatic rings. The van der Waals surface area contributed by atoms with E-state index >= 15 is 0 Å². The summed E-state index contributed by atoms with van der Waals surface area (Å²) in [6.07, 6.45) is 0.472. The Morgan fingerprint density at radius 1 is 1.40 bits per heavy atom. The second-order valence-corrected chi connectivity index (χ2v) is 1.56. The Morgan fingerprint density at radius 2 is 1.80 bits per heavy atom. The Morgan fingerprint density at radius 3 is 1.80 bits per heavy atom. The highest BCUT2D eigenvalue weighted by Gasteiger charge is 2.67. The largest absolute Gasteiger partial charge is 0.387 e. The van der Waals surface area contributed by atoms with Gasteiger partial charge in [-0.05, 0) is 0 Å². The monoisotopic (exact) mass is 72.0 g/mol. The molecule has 1 saturated heterocycles. The van der Waals surface area contributed by atoms with Crippen LogP contribution in [0.25, 0.3) is 0 Å². The molecule has 1 N–H and O–H groups in total. The van der Waals surface area contributed by atoms with Crippen LogP contribution in [0.5, 0.6) is 0 Å². The Balaban J connectivity index is 2.19. The van der Waals surface area contributed by atoms with Gasteiger partial charge in [-0.15, -0.1) is 0 Å². The lowest BCUT2D eigenvalue weighted by Crippen LogP contribution is -1.97. The van der Waals surface area contributed by atoms with Crippen LogP contribution in [-0.4, -0.2) is 23.4 Å². The molecule has 2 aliphatic rings. The Bertz CT molecular complexity index is 56.5. The molecule has 2 heteroatoms. The predicted octanol–water partition coefficient (Wildman–Crippen LogP) is -0.872. The second kappa shape index (κ2) is 0.340. The lowest BCUT2D eigenvalue weighted by Gasteiger charge is -1.83. The van der Waals surface area contributed by atoms with Crippen molar-refractivity contribution >= 4 is 0 Å². The maximum atomic E-state index is 8.36. The molecular weight excluding hydrogens is 68.0 g/mol. The highest BCUT2D eigenvalue weighted by atomic mass is 16.7. The number of hydrogen-bond acceptors (Lipinski definition) is 2. The lowest BCUT2D eigenvalue weighted by molar-refractivity contribution is 0.100. The van der Waals surface area contributed by atoms with E-state index in [9.17, 15) is 0 Å². The number of aliphatic hydroxyl groups excluding tert-OH is 1. The third-order valence-electron chi connectivity index (χ3n) is 1.09. The summed E-state index contributed by atoms with van der Waals surface area (Å²) in [5, 5.41) is 8.36. The summed E-state index contributed by atoms with van der Waals surface area (Å²) in [5.41, 5.74) is 0. The molecular formula is C3H4O2. The summed E-state index contributed by atoms with van der Waals surface area (Å²) in [4.78, 5) is 0. The van der Waals surface area contributed by atoms with Crippen LogP contribution in [0.4, 0.5) is 0 Å². The molecule has 0 radical (unpaired) electrons. The van der Waals surface area contributed by atoms with Crippen LogP contribution in [-0.2, 0) is 4.74 Å². The third kappa shape index (κ3) is 0.102. The van der Waals surface area contributed by atoms with Crippen molar-refractivity contribution < 1.29 is 9.84 Å². The molecule has 28 valence electrons. The van der Waals surface area contributed by atoms with E-state index in [0.29, 0.717) is 0 Å². The number of epoxide rings is 1. The van der Waals surface area contributed by atoms with E-state index < -0.39 is 0 Å². The third-order valence-corrected chi connectivity index (χ3v) is 1.09. The Hall–Kier alpha value is -0.0800. The molecule has 2 unspecified atom stereocenters. The molecule has 0 spiro atoms. The van der Waals surface area contributed by atoms with E-state index in [1.165, 1.54) is 0 Å². The summed E-state index contributed by atoms with van der Waals surface area (Å²) < 4.78 is 4.67. The first-order valence-corrected chi connectivity index (χ1v) is 1.73. The van der Waals surface area contributed by atoms with Gasteiger partial charge in [-0.2, -0.15) is 0 Å². The van der Waals surface area contributed by atoms with Crippen molar-refractivity contribution in [2.24, 2.45) is 0 Å². The summed E-state index contributed by atoms with van der Waals surface area (Å²) >= 11 is 0. The van der Waals surface area contributed by atoms with Gasteiger partial charge in [-0.1, -0.05) is 0 Å². The molecule has 2 fully saturated rings. The fraction of sp³-hybridized carbons (Fsp3) is 1.00. The van der Waals surface area contributed by atoms with Crippen molar-refractivity contribution in [1.82, 2.24) is 0 Å². The van der Waals surface area contributed by atoms with Gasteiger partial charge in [-0.3, -0.25) is 0 Å². The Labute approximate surface area is 29.4 Å². The Kier molecular flexibility index (Phi) is 0.147. The van der Waals surface area contributed by atoms with Crippen LogP contribution in [0.3, 0.4) is 0 Å². The molecule has 5 heavy (non-hydrogen) atoms. The van der Waals surface area contributed by atoms with E-state index in [4.69, 9.17) is 5.11 Å². The van der Waals surface area contributed by atoms with Crippen LogP contribution in [0, 0.1) is 0 Å². The summed E-state index contributed by atoms with van der Waals surface area (Å²) in [6, 6.07) is 0. The van der Waals surface area contributed by atoms with E-state index in [2.05, 4.69) is 4.74 Å². The van der Waals surface area contributed by atoms with Gasteiger partial charge < -0.3 is 9.84 Å². The van der Waals surface area contributed by atoms with Crippen molar-refractivity contribution in [2.75, 3.05) is 0 Å². The minimum atomic E-state index is -0.0741. The fourth-order valence-electron chi connectivity index (χ4n) is 0.450. The van der Waals surface area contributed by atoms with Gasteiger partial charge in [0.25, 0.3) is 0 Å². The number of fused-ring (bicyclic) bond motifs is 1. The van der Waals surface area contributed by atoms with Gasteiger partial charge in [0.15, 0.2) is 0 Å². The average molecular weight is 72.1 g/mol. The number of rotatable bonds is 0. The van der Waals surface area contributed by atoms with Gasteiger partial charge in [0.2, 0.25) is 0 Å². The van der Waals surface area contributed by atoms with Crippen molar-refractivity contribution in [3.05, 3.63) is 0 Å². The quantitative estimate of drug-likeness (QED) is 0.377. The number of ether oxygens (including phenoxy) is 1. The number of hydrogen-bond donors (Lipinski definition) is 1. The highest BCUT2D eigenvalue weighted by Crippen LogP contribution is 2.46. The molecule has 1 saturated carbocycles. The van der Waals surface area contributed by atoms with Crippen molar-refractivity contribution in [1.29, 1.82) is 0 Å². The standard InChI is InChI=1S/C3H4O2/c4-1-2-3(1)5-2/h1-4H. The minimum absolute atomic E-state index is 0.0741. The van der Waals surface area contributed by atoms with Crippen LogP contribution >= 0.6 is 0 Å². The van der Waals surface area contributed by atoms with Crippen molar-refractivity contribution in [3.63, 3.8) is 0 Å².